The van der Waals surface area contributed by atoms with E-state index < -0.39 is 5.97 Å². The lowest BCUT2D eigenvalue weighted by Crippen LogP contribution is -2.30. The zero-order valence-electron chi connectivity index (χ0n) is 19.4. The van der Waals surface area contributed by atoms with E-state index in [9.17, 15) is 14.4 Å². The van der Waals surface area contributed by atoms with Crippen molar-refractivity contribution in [2.75, 3.05) is 19.4 Å². The van der Waals surface area contributed by atoms with Crippen molar-refractivity contribution >= 4 is 34.5 Å². The quantitative estimate of drug-likeness (QED) is 0.216. The molecule has 1 unspecified atom stereocenters. The number of fused-ring (bicyclic) bond motifs is 1. The lowest BCUT2D eigenvalue weighted by molar-refractivity contribution is -0.118. The molecule has 0 radical (unpaired) electrons. The maximum absolute atomic E-state index is 13.3. The number of carbonyl (C=O) groups is 2. The first-order chi connectivity index (χ1) is 17.0. The average Bonchev–Trinajstić information content (AvgIpc) is 3.41. The van der Waals surface area contributed by atoms with Gasteiger partial charge in [-0.2, -0.15) is 0 Å². The monoisotopic (exact) mass is 491 g/mol. The van der Waals surface area contributed by atoms with Gasteiger partial charge in [0.15, 0.2) is 5.16 Å². The molecule has 0 spiro atoms. The summed E-state index contributed by atoms with van der Waals surface area (Å²) in [5, 5.41) is 3.66. The summed E-state index contributed by atoms with van der Waals surface area (Å²) in [5.74, 6) is 0.142. The molecule has 2 heterocycles. The van der Waals surface area contributed by atoms with E-state index in [2.05, 4.69) is 10.3 Å². The Morgan fingerprint density at radius 3 is 2.66 bits per heavy atom. The number of carbonyl (C=O) groups excluding carboxylic acids is 2. The van der Waals surface area contributed by atoms with Crippen molar-refractivity contribution in [3.8, 4) is 0 Å². The van der Waals surface area contributed by atoms with Crippen LogP contribution >= 0.6 is 11.8 Å². The minimum atomic E-state index is -0.519. The molecule has 0 saturated heterocycles. The number of benzene rings is 2. The van der Waals surface area contributed by atoms with Gasteiger partial charge in [0.05, 0.1) is 42.1 Å². The van der Waals surface area contributed by atoms with Crippen molar-refractivity contribution in [1.29, 1.82) is 0 Å². The Kier molecular flexibility index (Phi) is 7.67. The third-order valence-corrected chi connectivity index (χ3v) is 6.52. The van der Waals surface area contributed by atoms with Gasteiger partial charge in [0, 0.05) is 6.54 Å². The minimum Gasteiger partial charge on any atom is -0.467 e. The molecule has 0 aliphatic heterocycles. The largest absolute Gasteiger partial charge is 0.467 e. The molecule has 1 atom stereocenters. The number of rotatable bonds is 9. The summed E-state index contributed by atoms with van der Waals surface area (Å²) in [7, 11) is 1.29. The highest BCUT2D eigenvalue weighted by Gasteiger charge is 2.17. The number of amides is 1. The third kappa shape index (κ3) is 5.81. The summed E-state index contributed by atoms with van der Waals surface area (Å²) in [6, 6.07) is 18.1. The Morgan fingerprint density at radius 1 is 1.14 bits per heavy atom. The highest BCUT2D eigenvalue weighted by atomic mass is 32.2. The maximum Gasteiger partial charge on any atom is 0.337 e. The van der Waals surface area contributed by atoms with E-state index in [-0.39, 0.29) is 29.7 Å². The van der Waals surface area contributed by atoms with E-state index in [1.807, 2.05) is 37.3 Å². The molecule has 1 N–H and O–H groups in total. The first-order valence-electron chi connectivity index (χ1n) is 11.1. The highest BCUT2D eigenvalue weighted by Crippen LogP contribution is 2.21. The molecule has 0 aliphatic rings. The fourth-order valence-electron chi connectivity index (χ4n) is 3.60. The van der Waals surface area contributed by atoms with Crippen molar-refractivity contribution in [3.63, 3.8) is 0 Å². The lowest BCUT2D eigenvalue weighted by atomic mass is 10.0. The summed E-state index contributed by atoms with van der Waals surface area (Å²) >= 11 is 1.16. The number of aromatic nitrogens is 2. The summed E-state index contributed by atoms with van der Waals surface area (Å²) in [5.41, 5.74) is 1.50. The Bertz CT molecular complexity index is 1380. The summed E-state index contributed by atoms with van der Waals surface area (Å²) in [4.78, 5) is 42.4. The number of methoxy groups -OCH3 is 1. The molecule has 0 saturated carbocycles. The number of ether oxygens (including phenoxy) is 1. The van der Waals surface area contributed by atoms with Gasteiger partial charge in [0.1, 0.15) is 5.76 Å². The van der Waals surface area contributed by atoms with Crippen LogP contribution in [0.1, 0.15) is 34.5 Å². The fraction of sp³-hybridized carbons (Fsp3) is 0.231. The molecule has 0 aliphatic carbocycles. The highest BCUT2D eigenvalue weighted by molar-refractivity contribution is 7.99. The molecule has 2 aromatic carbocycles. The number of hydrogen-bond donors (Lipinski definition) is 1. The van der Waals surface area contributed by atoms with Crippen LogP contribution in [0.4, 0.5) is 0 Å². The summed E-state index contributed by atoms with van der Waals surface area (Å²) in [6.45, 7) is 2.71. The Labute approximate surface area is 206 Å². The van der Waals surface area contributed by atoms with Gasteiger partial charge < -0.3 is 14.5 Å². The average molecular weight is 492 g/mol. The van der Waals surface area contributed by atoms with Gasteiger partial charge in [-0.15, -0.1) is 0 Å². The Hall–Kier alpha value is -3.85. The second kappa shape index (κ2) is 11.1. The maximum atomic E-state index is 13.3. The van der Waals surface area contributed by atoms with E-state index in [1.165, 1.54) is 30.1 Å². The predicted octanol–water partition coefficient (Wildman–Crippen LogP) is 3.84. The number of nitrogens with one attached hydrogen (secondary N) is 1. The number of furan rings is 1. The molecular weight excluding hydrogens is 466 g/mol. The predicted molar refractivity (Wildman–Crippen MR) is 134 cm³/mol. The molecule has 1 amide bonds. The van der Waals surface area contributed by atoms with Gasteiger partial charge in [-0.05, 0) is 41.8 Å². The SMILES string of the molecule is COC(=O)c1ccc2c(=O)n(Cc3ccco3)c(SCC(=O)NCC(C)c3ccccc3)nc2c1. The number of thioether (sulfide) groups is 1. The van der Waals surface area contributed by atoms with Crippen molar-refractivity contribution < 1.29 is 18.7 Å². The zero-order chi connectivity index (χ0) is 24.8. The molecule has 0 fully saturated rings. The van der Waals surface area contributed by atoms with Crippen LogP contribution in [0.3, 0.4) is 0 Å². The van der Waals surface area contributed by atoms with Gasteiger partial charge in [-0.25, -0.2) is 9.78 Å². The summed E-state index contributed by atoms with van der Waals surface area (Å²) in [6.07, 6.45) is 1.53. The van der Waals surface area contributed by atoms with Crippen LogP contribution in [0.15, 0.2) is 81.3 Å². The summed E-state index contributed by atoms with van der Waals surface area (Å²) < 4.78 is 11.7. The number of hydrogen-bond acceptors (Lipinski definition) is 7. The molecule has 4 rings (SSSR count). The van der Waals surface area contributed by atoms with Crippen molar-refractivity contribution in [2.24, 2.45) is 0 Å². The Morgan fingerprint density at radius 2 is 1.94 bits per heavy atom. The van der Waals surface area contributed by atoms with Crippen LogP contribution in [-0.2, 0) is 16.1 Å². The zero-order valence-corrected chi connectivity index (χ0v) is 20.2. The molecule has 4 aromatic rings. The van der Waals surface area contributed by atoms with Crippen LogP contribution < -0.4 is 10.9 Å². The molecular formula is C26H25N3O5S. The molecule has 35 heavy (non-hydrogen) atoms. The molecule has 2 aromatic heterocycles. The van der Waals surface area contributed by atoms with E-state index in [0.29, 0.717) is 33.9 Å². The van der Waals surface area contributed by atoms with Gasteiger partial charge in [-0.1, -0.05) is 49.0 Å². The molecule has 180 valence electrons. The second-order valence-electron chi connectivity index (χ2n) is 7.99. The van der Waals surface area contributed by atoms with Crippen LogP contribution in [0, 0.1) is 0 Å². The molecule has 8 nitrogen and oxygen atoms in total. The number of esters is 1. The van der Waals surface area contributed by atoms with Crippen molar-refractivity contribution in [3.05, 3.63) is 94.2 Å². The van der Waals surface area contributed by atoms with E-state index in [0.717, 1.165) is 17.3 Å². The van der Waals surface area contributed by atoms with Gasteiger partial charge >= 0.3 is 5.97 Å². The molecule has 9 heteroatoms. The number of nitrogens with zero attached hydrogens (tertiary/aromatic N) is 2. The topological polar surface area (TPSA) is 103 Å². The fourth-order valence-corrected chi connectivity index (χ4v) is 4.43. The first kappa shape index (κ1) is 24.3. The van der Waals surface area contributed by atoms with E-state index in [4.69, 9.17) is 9.15 Å². The second-order valence-corrected chi connectivity index (χ2v) is 8.94. The van der Waals surface area contributed by atoms with Gasteiger partial charge in [0.2, 0.25) is 5.91 Å². The standard InChI is InChI=1S/C26H25N3O5S/c1-17(18-7-4-3-5-8-18)14-27-23(30)16-35-26-28-22-13-19(25(32)33-2)10-11-21(22)24(31)29(26)15-20-9-6-12-34-20/h3-13,17H,14-16H2,1-2H3,(H,27,30). The molecule has 0 bridgehead atoms. The van der Waals surface area contributed by atoms with Gasteiger partial charge in [-0.3, -0.25) is 14.2 Å². The van der Waals surface area contributed by atoms with Crippen LogP contribution in [-0.4, -0.2) is 40.8 Å². The normalized spacial score (nSPS) is 11.8. The third-order valence-electron chi connectivity index (χ3n) is 5.54. The van der Waals surface area contributed by atoms with Gasteiger partial charge in [0.25, 0.3) is 5.56 Å². The van der Waals surface area contributed by atoms with Crippen LogP contribution in [0.5, 0.6) is 0 Å². The minimum absolute atomic E-state index is 0.0777. The van der Waals surface area contributed by atoms with Crippen molar-refractivity contribution in [1.82, 2.24) is 14.9 Å². The first-order valence-corrected chi connectivity index (χ1v) is 12.0. The lowest BCUT2D eigenvalue weighted by Gasteiger charge is -2.14. The smallest absolute Gasteiger partial charge is 0.337 e. The van der Waals surface area contributed by atoms with Crippen LogP contribution in [0.25, 0.3) is 10.9 Å². The van der Waals surface area contributed by atoms with Crippen molar-refractivity contribution in [2.45, 2.75) is 24.5 Å². The van der Waals surface area contributed by atoms with E-state index >= 15 is 0 Å². The Balaban J connectivity index is 1.55. The van der Waals surface area contributed by atoms with Crippen LogP contribution in [0.2, 0.25) is 0 Å². The van der Waals surface area contributed by atoms with E-state index in [1.54, 1.807) is 18.2 Å².